The molecule has 6 rings (SSSR count). The Morgan fingerprint density at radius 1 is 0.839 bits per heavy atom. The summed E-state index contributed by atoms with van der Waals surface area (Å²) in [7, 11) is 2.32. The van der Waals surface area contributed by atoms with Gasteiger partial charge in [-0.25, -0.2) is 0 Å². The van der Waals surface area contributed by atoms with Gasteiger partial charge in [0.1, 0.15) is 0 Å². The molecule has 0 aliphatic carbocycles. The summed E-state index contributed by atoms with van der Waals surface area (Å²) in [6, 6.07) is 17.2. The van der Waals surface area contributed by atoms with Gasteiger partial charge in [0, 0.05) is 24.2 Å². The molecule has 0 spiro atoms. The van der Waals surface area contributed by atoms with E-state index in [0.29, 0.717) is 24.2 Å². The monoisotopic (exact) mass is 414 g/mol. The number of hydrogen-bond donors (Lipinski definition) is 1. The van der Waals surface area contributed by atoms with Gasteiger partial charge in [-0.05, 0) is 82.9 Å². The second-order valence-electron chi connectivity index (χ2n) is 12.5. The largest absolute Gasteiger partial charge is 0.303 e. The summed E-state index contributed by atoms with van der Waals surface area (Å²) in [5.41, 5.74) is 9.80. The fourth-order valence-electron chi connectivity index (χ4n) is 7.30. The molecule has 164 valence electrons. The average molecular weight is 415 g/mol. The highest BCUT2D eigenvalue weighted by atomic mass is 15.2. The van der Waals surface area contributed by atoms with Gasteiger partial charge in [0.05, 0.1) is 0 Å². The number of fused-ring (bicyclic) bond motifs is 10. The predicted octanol–water partition coefficient (Wildman–Crippen LogP) is 6.88. The maximum Gasteiger partial charge on any atom is 0.0358 e. The zero-order valence-corrected chi connectivity index (χ0v) is 20.1. The van der Waals surface area contributed by atoms with Crippen molar-refractivity contribution in [2.24, 2.45) is 5.92 Å². The number of nitrogens with zero attached hydrogens (tertiary/aromatic N) is 1. The van der Waals surface area contributed by atoms with Crippen LogP contribution in [0.5, 0.6) is 0 Å². The van der Waals surface area contributed by atoms with Crippen molar-refractivity contribution in [2.45, 2.75) is 95.3 Å². The van der Waals surface area contributed by atoms with E-state index in [-0.39, 0.29) is 10.8 Å². The highest BCUT2D eigenvalue weighted by Gasteiger charge is 2.46. The zero-order valence-electron chi connectivity index (χ0n) is 20.1. The summed E-state index contributed by atoms with van der Waals surface area (Å²) in [6.07, 6.45) is 5.21. The molecule has 5 atom stereocenters. The normalized spacial score (nSPS) is 31.4. The molecule has 4 bridgehead atoms. The van der Waals surface area contributed by atoms with Gasteiger partial charge in [-0.2, -0.15) is 0 Å². The summed E-state index contributed by atoms with van der Waals surface area (Å²) in [5.74, 6) is 0.723. The van der Waals surface area contributed by atoms with Gasteiger partial charge in [0.25, 0.3) is 0 Å². The van der Waals surface area contributed by atoms with Crippen molar-refractivity contribution in [1.82, 2.24) is 10.2 Å². The van der Waals surface area contributed by atoms with Crippen LogP contribution in [0.3, 0.4) is 0 Å². The van der Waals surface area contributed by atoms with Crippen LogP contribution in [0.25, 0.3) is 0 Å². The van der Waals surface area contributed by atoms with Gasteiger partial charge < -0.3 is 5.32 Å². The Bertz CT molecular complexity index is 1040. The third-order valence-corrected chi connectivity index (χ3v) is 9.11. The molecule has 2 aromatic carbocycles. The lowest BCUT2D eigenvalue weighted by molar-refractivity contribution is 0.280. The number of nitrogens with one attached hydrogen (secondary N) is 1. The van der Waals surface area contributed by atoms with Gasteiger partial charge in [-0.3, -0.25) is 4.90 Å². The third kappa shape index (κ3) is 2.91. The molecule has 4 aliphatic heterocycles. The van der Waals surface area contributed by atoms with Crippen LogP contribution in [0.4, 0.5) is 0 Å². The molecule has 2 saturated heterocycles. The first-order valence-corrected chi connectivity index (χ1v) is 12.4. The molecule has 4 heterocycles. The molecule has 2 aromatic rings. The van der Waals surface area contributed by atoms with E-state index in [2.05, 4.69) is 88.3 Å². The van der Waals surface area contributed by atoms with Crippen molar-refractivity contribution in [3.8, 4) is 0 Å². The molecule has 5 unspecified atom stereocenters. The number of rotatable bonds is 3. The third-order valence-electron chi connectivity index (χ3n) is 9.11. The minimum absolute atomic E-state index is 0.206. The lowest BCUT2D eigenvalue weighted by Crippen LogP contribution is -2.26. The van der Waals surface area contributed by atoms with Crippen LogP contribution in [0.1, 0.15) is 118 Å². The van der Waals surface area contributed by atoms with Crippen molar-refractivity contribution >= 4 is 0 Å². The first-order chi connectivity index (χ1) is 14.6. The molecular weight excluding hydrogens is 376 g/mol. The van der Waals surface area contributed by atoms with Gasteiger partial charge in [-0.1, -0.05) is 71.0 Å². The maximum atomic E-state index is 3.96. The molecule has 0 radical (unpaired) electrons. The van der Waals surface area contributed by atoms with Crippen LogP contribution in [0, 0.1) is 5.92 Å². The molecule has 0 saturated carbocycles. The summed E-state index contributed by atoms with van der Waals surface area (Å²) in [6.45, 7) is 11.9. The zero-order chi connectivity index (χ0) is 21.7. The highest BCUT2D eigenvalue weighted by Crippen LogP contribution is 2.55. The molecular formula is C29H38N2. The van der Waals surface area contributed by atoms with E-state index in [9.17, 15) is 0 Å². The SMILES string of the molecule is CN1C2CCC1c1cc(C(C)(C)CC3CC4NC3c3ccc(C(C)(C)C)cc34)ccc12. The summed E-state index contributed by atoms with van der Waals surface area (Å²) < 4.78 is 0. The van der Waals surface area contributed by atoms with E-state index in [1.54, 1.807) is 27.8 Å². The molecule has 2 fully saturated rings. The van der Waals surface area contributed by atoms with Crippen LogP contribution in [-0.2, 0) is 10.8 Å². The highest BCUT2D eigenvalue weighted by molar-refractivity contribution is 5.46. The smallest absolute Gasteiger partial charge is 0.0358 e. The second-order valence-corrected chi connectivity index (χ2v) is 12.5. The molecule has 1 N–H and O–H groups in total. The molecule has 4 aliphatic rings. The Morgan fingerprint density at radius 2 is 1.48 bits per heavy atom. The molecule has 31 heavy (non-hydrogen) atoms. The van der Waals surface area contributed by atoms with Gasteiger partial charge in [0.15, 0.2) is 0 Å². The van der Waals surface area contributed by atoms with Crippen molar-refractivity contribution < 1.29 is 0 Å². The van der Waals surface area contributed by atoms with Crippen molar-refractivity contribution in [2.75, 3.05) is 7.05 Å². The van der Waals surface area contributed by atoms with Crippen LogP contribution in [0.2, 0.25) is 0 Å². The van der Waals surface area contributed by atoms with Gasteiger partial charge in [-0.15, -0.1) is 0 Å². The van der Waals surface area contributed by atoms with Gasteiger partial charge in [0.2, 0.25) is 0 Å². The van der Waals surface area contributed by atoms with E-state index < -0.39 is 0 Å². The predicted molar refractivity (Wildman–Crippen MR) is 128 cm³/mol. The first kappa shape index (κ1) is 20.0. The van der Waals surface area contributed by atoms with E-state index >= 15 is 0 Å². The fourth-order valence-corrected chi connectivity index (χ4v) is 7.30. The quantitative estimate of drug-likeness (QED) is 0.589. The minimum atomic E-state index is 0.206. The Morgan fingerprint density at radius 3 is 2.23 bits per heavy atom. The lowest BCUT2D eigenvalue weighted by Gasteiger charge is -2.34. The Hall–Kier alpha value is -1.64. The topological polar surface area (TPSA) is 15.3 Å². The number of hydrogen-bond acceptors (Lipinski definition) is 2. The molecule has 0 aromatic heterocycles. The minimum Gasteiger partial charge on any atom is -0.303 e. The second kappa shape index (κ2) is 6.45. The molecule has 0 amide bonds. The van der Waals surface area contributed by atoms with E-state index in [1.165, 1.54) is 31.2 Å². The lowest BCUT2D eigenvalue weighted by atomic mass is 9.70. The summed E-state index contributed by atoms with van der Waals surface area (Å²) in [4.78, 5) is 2.60. The first-order valence-electron chi connectivity index (χ1n) is 12.4. The van der Waals surface area contributed by atoms with E-state index in [0.717, 1.165) is 5.92 Å². The van der Waals surface area contributed by atoms with Crippen LogP contribution in [0.15, 0.2) is 36.4 Å². The summed E-state index contributed by atoms with van der Waals surface area (Å²) >= 11 is 0. The van der Waals surface area contributed by atoms with E-state index in [1.807, 2.05) is 0 Å². The van der Waals surface area contributed by atoms with E-state index in [4.69, 9.17) is 0 Å². The fraction of sp³-hybridized carbons (Fsp3) is 0.586. The molecule has 2 nitrogen and oxygen atoms in total. The van der Waals surface area contributed by atoms with Gasteiger partial charge >= 0.3 is 0 Å². The Kier molecular flexibility index (Phi) is 4.16. The Labute approximate surface area is 188 Å². The van der Waals surface area contributed by atoms with Crippen LogP contribution >= 0.6 is 0 Å². The Balaban J connectivity index is 1.25. The maximum absolute atomic E-state index is 3.96. The van der Waals surface area contributed by atoms with Crippen LogP contribution < -0.4 is 5.32 Å². The average Bonchev–Trinajstić information content (AvgIpc) is 3.45. The van der Waals surface area contributed by atoms with Crippen molar-refractivity contribution in [1.29, 1.82) is 0 Å². The standard InChI is InChI=1S/C29H38N2/c1-28(2,3)18-7-10-21-22(14-18)24-13-17(27(21)30-24)16-29(4,5)19-8-9-20-23(15-19)26-12-11-25(20)31(26)6/h7-10,14-15,17,24-27,30H,11-13,16H2,1-6H3. The molecule has 2 heteroatoms. The summed E-state index contributed by atoms with van der Waals surface area (Å²) in [5, 5.41) is 3.96. The number of benzene rings is 2. The van der Waals surface area contributed by atoms with Crippen molar-refractivity contribution in [3.05, 3.63) is 69.8 Å². The van der Waals surface area contributed by atoms with Crippen molar-refractivity contribution in [3.63, 3.8) is 0 Å². The van der Waals surface area contributed by atoms with Crippen LogP contribution in [-0.4, -0.2) is 11.9 Å².